The summed E-state index contributed by atoms with van der Waals surface area (Å²) in [7, 11) is 1.53. The van der Waals surface area contributed by atoms with Crippen LogP contribution in [0.15, 0.2) is 158 Å². The summed E-state index contributed by atoms with van der Waals surface area (Å²) in [6.07, 6.45) is 102. The summed E-state index contributed by atoms with van der Waals surface area (Å²) in [5.41, 5.74) is 0. The Morgan fingerprint density at radius 2 is 0.698 bits per heavy atom. The summed E-state index contributed by atoms with van der Waals surface area (Å²) in [6, 6.07) is -0.884. The number of amides is 1. The Labute approximate surface area is 531 Å². The molecule has 0 saturated heterocycles. The van der Waals surface area contributed by atoms with E-state index in [-0.39, 0.29) is 19.1 Å². The van der Waals surface area contributed by atoms with E-state index in [1.54, 1.807) is 6.08 Å². The van der Waals surface area contributed by atoms with Crippen LogP contribution in [0.4, 0.5) is 0 Å². The van der Waals surface area contributed by atoms with Crippen molar-refractivity contribution in [3.05, 3.63) is 158 Å². The van der Waals surface area contributed by atoms with Crippen molar-refractivity contribution in [2.24, 2.45) is 0 Å². The summed E-state index contributed by atoms with van der Waals surface area (Å²) < 4.78 is 23.8. The molecule has 3 unspecified atom stereocenters. The molecule has 0 aliphatic heterocycles. The van der Waals surface area contributed by atoms with Crippen LogP contribution >= 0.6 is 7.82 Å². The first kappa shape index (κ1) is 82.1. The molecule has 3 atom stereocenters. The third-order valence-corrected chi connectivity index (χ3v) is 15.7. The van der Waals surface area contributed by atoms with Crippen LogP contribution in [-0.2, 0) is 18.4 Å². The van der Waals surface area contributed by atoms with Gasteiger partial charge in [-0.1, -0.05) is 313 Å². The number of aliphatic hydroxyl groups is 1. The Morgan fingerprint density at radius 1 is 0.407 bits per heavy atom. The second-order valence-corrected chi connectivity index (χ2v) is 25.6. The monoisotopic (exact) mass is 1210 g/mol. The number of rotatable bonds is 62. The van der Waals surface area contributed by atoms with Crippen molar-refractivity contribution in [1.29, 1.82) is 0 Å². The highest BCUT2D eigenvalue weighted by atomic mass is 31.2. The molecule has 0 bridgehead atoms. The maximum Gasteiger partial charge on any atom is 0.472 e. The third-order valence-electron chi connectivity index (χ3n) is 14.8. The van der Waals surface area contributed by atoms with E-state index in [1.165, 1.54) is 135 Å². The van der Waals surface area contributed by atoms with Crippen LogP contribution in [0.1, 0.15) is 271 Å². The maximum atomic E-state index is 13.0. The van der Waals surface area contributed by atoms with Gasteiger partial charge in [0.15, 0.2) is 0 Å². The second-order valence-electron chi connectivity index (χ2n) is 24.2. The molecule has 0 aliphatic carbocycles. The Hall–Kier alpha value is -3.88. The molecule has 0 spiro atoms. The lowest BCUT2D eigenvalue weighted by molar-refractivity contribution is -0.870. The number of phosphoric acid groups is 1. The predicted octanol–water partition coefficient (Wildman–Crippen LogP) is 22.5. The van der Waals surface area contributed by atoms with Gasteiger partial charge in [0, 0.05) is 6.42 Å². The molecule has 0 radical (unpaired) electrons. The van der Waals surface area contributed by atoms with Gasteiger partial charge in [-0.25, -0.2) is 4.57 Å². The SMILES string of the molecule is CC/C=C\C/C=C\C/C=C\C/C=C\C/C=C\C/C=C\C/C=C\C/C=C\C/C=C\C/C=C\C/C=C\C/C=C\CCCCC(=O)NC(COP(=O)(O)OCC[N+](C)(C)C)C(O)/C=C/CCCCCCCCCCCCCCCCCCCCCCCCC. The number of carbonyl (C=O) groups is 1. The van der Waals surface area contributed by atoms with Gasteiger partial charge in [0.1, 0.15) is 13.2 Å². The zero-order chi connectivity index (χ0) is 62.6. The van der Waals surface area contributed by atoms with Crippen LogP contribution in [0.2, 0.25) is 0 Å². The van der Waals surface area contributed by atoms with E-state index in [0.717, 1.165) is 109 Å². The molecule has 0 heterocycles. The van der Waals surface area contributed by atoms with Gasteiger partial charge in [0.05, 0.1) is 39.9 Å². The molecule has 490 valence electrons. The van der Waals surface area contributed by atoms with E-state index in [0.29, 0.717) is 23.9 Å². The van der Waals surface area contributed by atoms with Gasteiger partial charge in [0.25, 0.3) is 0 Å². The molecule has 1 amide bonds. The van der Waals surface area contributed by atoms with Crippen LogP contribution in [0, 0.1) is 0 Å². The second kappa shape index (κ2) is 65.6. The fourth-order valence-electron chi connectivity index (χ4n) is 9.38. The van der Waals surface area contributed by atoms with Gasteiger partial charge < -0.3 is 19.8 Å². The summed E-state index contributed by atoms with van der Waals surface area (Å²) >= 11 is 0. The molecule has 3 N–H and O–H groups in total. The standard InChI is InChI=1S/C77H131N2O6P/c1-6-8-10-12-14-16-18-20-22-24-26-28-30-32-33-34-35-36-37-38-39-40-41-42-43-44-45-47-49-51-53-55-57-59-61-63-65-67-69-71-77(81)78-75(74-85-86(82,83)84-73-72-79(3,4)5)76(80)70-68-66-64-62-60-58-56-54-52-50-48-46-31-29-27-25-23-21-19-17-15-13-11-9-7-2/h8,10,14,16,20,22,26,28,32-33,35-36,38-39,41-42,44-45,49,51,55,57,61,63,68,70,75-76,80H,6-7,9,11-13,15,17-19,21,23-25,27,29-31,34,37,40,43,46-48,50,52-54,56,58-60,62,64-67,69,71-74H2,1-5H3,(H-,78,81,82,83)/p+1/b10-8-,16-14-,22-20-,28-26-,33-32-,36-35-,39-38-,42-41-,45-44-,51-49-,57-55-,63-61-,70-68+. The van der Waals surface area contributed by atoms with Crippen molar-refractivity contribution >= 4 is 13.7 Å². The lowest BCUT2D eigenvalue weighted by Gasteiger charge is -2.25. The predicted molar refractivity (Wildman–Crippen MR) is 377 cm³/mol. The number of phosphoric ester groups is 1. The number of hydrogen-bond donors (Lipinski definition) is 3. The molecule has 86 heavy (non-hydrogen) atoms. The molecular formula is C77H132N2O6P+. The minimum absolute atomic E-state index is 0.0448. The molecule has 9 heteroatoms. The van der Waals surface area contributed by atoms with Crippen LogP contribution < -0.4 is 5.32 Å². The number of allylic oxidation sites excluding steroid dienone is 25. The number of aliphatic hydroxyl groups excluding tert-OH is 1. The van der Waals surface area contributed by atoms with E-state index < -0.39 is 20.0 Å². The number of nitrogens with zero attached hydrogens (tertiary/aromatic N) is 1. The Kier molecular flexibility index (Phi) is 62.6. The first-order valence-electron chi connectivity index (χ1n) is 34.9. The minimum atomic E-state index is -4.38. The van der Waals surface area contributed by atoms with Crippen LogP contribution in [0.25, 0.3) is 0 Å². The summed E-state index contributed by atoms with van der Waals surface area (Å²) in [5.74, 6) is -0.223. The van der Waals surface area contributed by atoms with Crippen molar-refractivity contribution in [1.82, 2.24) is 5.32 Å². The fourth-order valence-corrected chi connectivity index (χ4v) is 10.1. The fraction of sp³-hybridized carbons (Fsp3) is 0.649. The Bertz CT molecular complexity index is 1960. The molecule has 0 saturated carbocycles. The van der Waals surface area contributed by atoms with E-state index in [1.807, 2.05) is 27.2 Å². The molecule has 0 aromatic carbocycles. The van der Waals surface area contributed by atoms with Crippen LogP contribution in [-0.4, -0.2) is 73.4 Å². The van der Waals surface area contributed by atoms with Crippen molar-refractivity contribution in [3.63, 3.8) is 0 Å². The molecule has 0 fully saturated rings. The first-order valence-corrected chi connectivity index (χ1v) is 36.4. The number of nitrogens with one attached hydrogen (secondary N) is 1. The highest BCUT2D eigenvalue weighted by Crippen LogP contribution is 2.43. The maximum absolute atomic E-state index is 13.0. The largest absolute Gasteiger partial charge is 0.472 e. The molecule has 0 aromatic heterocycles. The number of unbranched alkanes of at least 4 members (excludes halogenated alkanes) is 25. The summed E-state index contributed by atoms with van der Waals surface area (Å²) in [4.78, 5) is 23.4. The van der Waals surface area contributed by atoms with Gasteiger partial charge in [0.2, 0.25) is 5.91 Å². The third kappa shape index (κ3) is 67.6. The minimum Gasteiger partial charge on any atom is -0.387 e. The highest BCUT2D eigenvalue weighted by Gasteiger charge is 2.28. The van der Waals surface area contributed by atoms with E-state index >= 15 is 0 Å². The van der Waals surface area contributed by atoms with Crippen LogP contribution in [0.5, 0.6) is 0 Å². The van der Waals surface area contributed by atoms with E-state index in [9.17, 15) is 19.4 Å². The van der Waals surface area contributed by atoms with Gasteiger partial charge in [-0.15, -0.1) is 0 Å². The molecule has 0 aromatic rings. The topological polar surface area (TPSA) is 105 Å². The number of quaternary nitrogens is 1. The van der Waals surface area contributed by atoms with E-state index in [4.69, 9.17) is 9.05 Å². The van der Waals surface area contributed by atoms with Crippen molar-refractivity contribution in [2.45, 2.75) is 283 Å². The molecule has 8 nitrogen and oxygen atoms in total. The number of likely N-dealkylation sites (N-methyl/N-ethyl adjacent to an activating group) is 1. The van der Waals surface area contributed by atoms with Crippen LogP contribution in [0.3, 0.4) is 0 Å². The molecular weight excluding hydrogens is 1080 g/mol. The lowest BCUT2D eigenvalue weighted by Crippen LogP contribution is -2.45. The molecule has 0 rings (SSSR count). The van der Waals surface area contributed by atoms with Gasteiger partial charge >= 0.3 is 7.82 Å². The normalized spacial score (nSPS) is 14.6. The first-order chi connectivity index (χ1) is 42.0. The smallest absolute Gasteiger partial charge is 0.387 e. The summed E-state index contributed by atoms with van der Waals surface area (Å²) in [6.45, 7) is 4.67. The Balaban J connectivity index is 4.25. The van der Waals surface area contributed by atoms with Gasteiger partial charge in [-0.3, -0.25) is 13.8 Å². The van der Waals surface area contributed by atoms with Crippen molar-refractivity contribution in [3.8, 4) is 0 Å². The Morgan fingerprint density at radius 3 is 1.02 bits per heavy atom. The van der Waals surface area contributed by atoms with E-state index in [2.05, 4.69) is 165 Å². The van der Waals surface area contributed by atoms with Gasteiger partial charge in [-0.05, 0) is 109 Å². The average molecular weight is 1210 g/mol. The molecule has 0 aliphatic rings. The lowest BCUT2D eigenvalue weighted by atomic mass is 10.0. The zero-order valence-corrected chi connectivity index (χ0v) is 56.9. The number of carbonyl (C=O) groups excluding carboxylic acids is 1. The zero-order valence-electron chi connectivity index (χ0n) is 56.0. The quantitative estimate of drug-likeness (QED) is 0.0243. The van der Waals surface area contributed by atoms with Crippen molar-refractivity contribution < 1.29 is 32.9 Å². The van der Waals surface area contributed by atoms with Crippen molar-refractivity contribution in [2.75, 3.05) is 40.9 Å². The highest BCUT2D eigenvalue weighted by molar-refractivity contribution is 7.47. The number of hydrogen-bond acceptors (Lipinski definition) is 5. The average Bonchev–Trinajstić information content (AvgIpc) is 3.70. The summed E-state index contributed by atoms with van der Waals surface area (Å²) in [5, 5.41) is 14.0. The van der Waals surface area contributed by atoms with Gasteiger partial charge in [-0.2, -0.15) is 0 Å².